The number of fused-ring (bicyclic) bond motifs is 1. The number of nitrogens with zero attached hydrogens (tertiary/aromatic N) is 5. The standard InChI is InChI=1S/C34H43N7O5/c1-24(26-6-4-3-5-7-26)20-29(43)40-16-13-34(45,14-17-40)22-41-23-37-30-31(33(41)44)38-39(2)32(30)27-10-8-25(9-11-27)21-36-28(42)12-18-46-19-15-35/h3-11,23-24,45H,12-22,35H2,1-2H3,(H,36,42)/t24-/m1/s1. The molecule has 1 atom stereocenters. The molecule has 0 aliphatic carbocycles. The summed E-state index contributed by atoms with van der Waals surface area (Å²) >= 11 is 0. The molecule has 0 radical (unpaired) electrons. The lowest BCUT2D eigenvalue weighted by Gasteiger charge is -2.38. The van der Waals surface area contributed by atoms with Crippen LogP contribution in [0.2, 0.25) is 0 Å². The van der Waals surface area contributed by atoms with E-state index in [4.69, 9.17) is 10.5 Å². The van der Waals surface area contributed by atoms with Gasteiger partial charge in [0.15, 0.2) is 5.52 Å². The van der Waals surface area contributed by atoms with Crippen LogP contribution < -0.4 is 16.6 Å². The second kappa shape index (κ2) is 14.8. The van der Waals surface area contributed by atoms with E-state index in [1.807, 2.05) is 66.4 Å². The lowest BCUT2D eigenvalue weighted by Crippen LogP contribution is -2.49. The Balaban J connectivity index is 1.20. The first kappa shape index (κ1) is 33.0. The molecular weight excluding hydrogens is 586 g/mol. The van der Waals surface area contributed by atoms with Crippen LogP contribution in [0.1, 0.15) is 49.7 Å². The smallest absolute Gasteiger partial charge is 0.281 e. The van der Waals surface area contributed by atoms with Gasteiger partial charge in [-0.15, -0.1) is 0 Å². The molecule has 3 heterocycles. The van der Waals surface area contributed by atoms with Crippen molar-refractivity contribution in [3.63, 3.8) is 0 Å². The molecule has 1 saturated heterocycles. The van der Waals surface area contributed by atoms with E-state index in [1.54, 1.807) is 11.7 Å². The summed E-state index contributed by atoms with van der Waals surface area (Å²) in [6.45, 7) is 4.55. The molecule has 46 heavy (non-hydrogen) atoms. The minimum absolute atomic E-state index is 0.0709. The van der Waals surface area contributed by atoms with E-state index in [-0.39, 0.29) is 41.8 Å². The van der Waals surface area contributed by atoms with Gasteiger partial charge in [-0.3, -0.25) is 23.6 Å². The van der Waals surface area contributed by atoms with Gasteiger partial charge in [-0.1, -0.05) is 61.5 Å². The second-order valence-electron chi connectivity index (χ2n) is 12.1. The maximum absolute atomic E-state index is 13.5. The fourth-order valence-corrected chi connectivity index (χ4v) is 5.89. The SMILES string of the molecule is C[C@H](CC(=O)N1CCC(O)(Cn2cnc3c(-c4ccc(CNC(=O)CCOCCN)cc4)n(C)nc3c2=O)CC1)c1ccccc1. The van der Waals surface area contributed by atoms with Gasteiger partial charge in [0.2, 0.25) is 11.8 Å². The highest BCUT2D eigenvalue weighted by molar-refractivity contribution is 5.89. The molecule has 1 aliphatic heterocycles. The number of aromatic nitrogens is 4. The molecule has 1 fully saturated rings. The minimum Gasteiger partial charge on any atom is -0.388 e. The van der Waals surface area contributed by atoms with Crippen LogP contribution in [0, 0.1) is 0 Å². The van der Waals surface area contributed by atoms with Crippen molar-refractivity contribution >= 4 is 22.8 Å². The number of carbonyl (C=O) groups is 2. The van der Waals surface area contributed by atoms with E-state index in [1.165, 1.54) is 10.9 Å². The fraction of sp³-hybridized carbons (Fsp3) is 0.441. The Morgan fingerprint density at radius 1 is 1.07 bits per heavy atom. The Labute approximate surface area is 268 Å². The molecule has 5 rings (SSSR count). The van der Waals surface area contributed by atoms with Crippen molar-refractivity contribution in [3.8, 4) is 11.3 Å². The first-order valence-electron chi connectivity index (χ1n) is 15.8. The van der Waals surface area contributed by atoms with E-state index in [9.17, 15) is 19.5 Å². The zero-order valence-electron chi connectivity index (χ0n) is 26.5. The molecule has 2 aromatic carbocycles. The molecule has 244 valence electrons. The third kappa shape index (κ3) is 7.87. The lowest BCUT2D eigenvalue weighted by atomic mass is 9.90. The number of hydrogen-bond acceptors (Lipinski definition) is 8. The summed E-state index contributed by atoms with van der Waals surface area (Å²) in [5, 5.41) is 18.8. The summed E-state index contributed by atoms with van der Waals surface area (Å²) in [5.41, 5.74) is 8.19. The van der Waals surface area contributed by atoms with Gasteiger partial charge >= 0.3 is 0 Å². The Bertz CT molecular complexity index is 1690. The number of likely N-dealkylation sites (tertiary alicyclic amines) is 1. The number of hydrogen-bond donors (Lipinski definition) is 3. The van der Waals surface area contributed by atoms with Crippen molar-refractivity contribution in [3.05, 3.63) is 82.4 Å². The monoisotopic (exact) mass is 629 g/mol. The van der Waals surface area contributed by atoms with E-state index in [0.717, 1.165) is 16.7 Å². The van der Waals surface area contributed by atoms with Gasteiger partial charge in [0.1, 0.15) is 5.52 Å². The normalized spacial score (nSPS) is 15.2. The van der Waals surface area contributed by atoms with E-state index in [0.29, 0.717) is 69.9 Å². The average molecular weight is 630 g/mol. The van der Waals surface area contributed by atoms with Crippen LogP contribution in [-0.2, 0) is 34.5 Å². The van der Waals surface area contributed by atoms with Crippen LogP contribution in [0.5, 0.6) is 0 Å². The Kier molecular flexibility index (Phi) is 10.6. The molecule has 12 nitrogen and oxygen atoms in total. The van der Waals surface area contributed by atoms with Crippen molar-refractivity contribution < 1.29 is 19.4 Å². The van der Waals surface area contributed by atoms with Gasteiger partial charge in [0.25, 0.3) is 5.56 Å². The van der Waals surface area contributed by atoms with Crippen LogP contribution in [0.15, 0.2) is 65.7 Å². The van der Waals surface area contributed by atoms with Gasteiger partial charge in [-0.25, -0.2) is 4.98 Å². The second-order valence-corrected chi connectivity index (χ2v) is 12.1. The van der Waals surface area contributed by atoms with Crippen LogP contribution in [0.4, 0.5) is 0 Å². The predicted octanol–water partition coefficient (Wildman–Crippen LogP) is 2.33. The number of aryl methyl sites for hydroxylation is 1. The highest BCUT2D eigenvalue weighted by atomic mass is 16.5. The van der Waals surface area contributed by atoms with Crippen molar-refractivity contribution in [1.29, 1.82) is 0 Å². The quantitative estimate of drug-likeness (QED) is 0.190. The van der Waals surface area contributed by atoms with Crippen LogP contribution in [0.25, 0.3) is 22.3 Å². The fourth-order valence-electron chi connectivity index (χ4n) is 5.89. The van der Waals surface area contributed by atoms with Crippen LogP contribution in [-0.4, -0.2) is 79.6 Å². The zero-order valence-corrected chi connectivity index (χ0v) is 26.5. The molecule has 0 bridgehead atoms. The number of piperidine rings is 1. The third-order valence-corrected chi connectivity index (χ3v) is 8.63. The maximum Gasteiger partial charge on any atom is 0.281 e. The summed E-state index contributed by atoms with van der Waals surface area (Å²) in [6.07, 6.45) is 2.88. The van der Waals surface area contributed by atoms with Crippen molar-refractivity contribution in [2.24, 2.45) is 12.8 Å². The summed E-state index contributed by atoms with van der Waals surface area (Å²) in [6, 6.07) is 17.6. The van der Waals surface area contributed by atoms with Crippen molar-refractivity contribution in [2.75, 3.05) is 32.8 Å². The van der Waals surface area contributed by atoms with E-state index >= 15 is 0 Å². The van der Waals surface area contributed by atoms with Gasteiger partial charge in [0, 0.05) is 51.6 Å². The Morgan fingerprint density at radius 2 is 1.78 bits per heavy atom. The molecular formula is C34H43N7O5. The summed E-state index contributed by atoms with van der Waals surface area (Å²) in [4.78, 5) is 44.9. The first-order chi connectivity index (χ1) is 22.2. The first-order valence-corrected chi connectivity index (χ1v) is 15.8. The van der Waals surface area contributed by atoms with Gasteiger partial charge in [-0.2, -0.15) is 5.10 Å². The molecule has 0 saturated carbocycles. The number of benzene rings is 2. The lowest BCUT2D eigenvalue weighted by molar-refractivity contribution is -0.136. The number of nitrogens with two attached hydrogens (primary N) is 1. The van der Waals surface area contributed by atoms with Gasteiger partial charge in [0.05, 0.1) is 37.4 Å². The number of aliphatic hydroxyl groups is 1. The molecule has 4 N–H and O–H groups in total. The van der Waals surface area contributed by atoms with Crippen LogP contribution in [0.3, 0.4) is 0 Å². The van der Waals surface area contributed by atoms with Gasteiger partial charge in [-0.05, 0) is 29.9 Å². The summed E-state index contributed by atoms with van der Waals surface area (Å²) in [7, 11) is 1.76. The number of ether oxygens (including phenoxy) is 1. The largest absolute Gasteiger partial charge is 0.388 e. The Hall–Kier alpha value is -4.39. The van der Waals surface area contributed by atoms with Gasteiger partial charge < -0.3 is 25.8 Å². The van der Waals surface area contributed by atoms with E-state index in [2.05, 4.69) is 15.4 Å². The average Bonchev–Trinajstić information content (AvgIpc) is 3.40. The molecule has 12 heteroatoms. The minimum atomic E-state index is -1.14. The van der Waals surface area contributed by atoms with Crippen molar-refractivity contribution in [1.82, 2.24) is 29.5 Å². The molecule has 2 aromatic heterocycles. The number of carbonyl (C=O) groups excluding carboxylic acids is 2. The van der Waals surface area contributed by atoms with Crippen molar-refractivity contribution in [2.45, 2.75) is 57.2 Å². The molecule has 0 spiro atoms. The Morgan fingerprint density at radius 3 is 2.48 bits per heavy atom. The highest BCUT2D eigenvalue weighted by Crippen LogP contribution is 2.28. The molecule has 1 aliphatic rings. The molecule has 2 amide bonds. The number of rotatable bonds is 13. The zero-order chi connectivity index (χ0) is 32.7. The maximum atomic E-state index is 13.5. The number of amides is 2. The predicted molar refractivity (Wildman–Crippen MR) is 175 cm³/mol. The van der Waals surface area contributed by atoms with Crippen LogP contribution >= 0.6 is 0 Å². The topological polar surface area (TPSA) is 158 Å². The molecule has 4 aromatic rings. The van der Waals surface area contributed by atoms with E-state index < -0.39 is 5.60 Å². The highest BCUT2D eigenvalue weighted by Gasteiger charge is 2.35. The third-order valence-electron chi connectivity index (χ3n) is 8.63. The number of nitrogens with one attached hydrogen (secondary N) is 1. The summed E-state index contributed by atoms with van der Waals surface area (Å²) in [5.74, 6) is 0.0791. The summed E-state index contributed by atoms with van der Waals surface area (Å²) < 4.78 is 8.31. The molecule has 0 unspecified atom stereocenters.